The van der Waals surface area contributed by atoms with Crippen molar-refractivity contribution >= 4 is 43.8 Å². The number of hydrogen-bond acceptors (Lipinski definition) is 9. The van der Waals surface area contributed by atoms with Gasteiger partial charge in [0.25, 0.3) is 0 Å². The Morgan fingerprint density at radius 2 is 2.07 bits per heavy atom. The Hall–Kier alpha value is -1.21. The molecular formula is C12H17ClFN5O8P2. The molecule has 1 unspecified atom stereocenters. The number of aromatic nitrogens is 4. The van der Waals surface area contributed by atoms with E-state index in [4.69, 9.17) is 26.1 Å². The van der Waals surface area contributed by atoms with E-state index in [1.54, 1.807) is 7.05 Å². The van der Waals surface area contributed by atoms with Gasteiger partial charge in [-0.3, -0.25) is 13.7 Å². The van der Waals surface area contributed by atoms with E-state index in [1.807, 2.05) is 0 Å². The summed E-state index contributed by atoms with van der Waals surface area (Å²) in [6.45, 7) is -0.782. The Bertz CT molecular complexity index is 1000. The largest absolute Gasteiger partial charge is 0.387 e. The predicted octanol–water partition coefficient (Wildman–Crippen LogP) is 0.455. The normalized spacial score (nSPS) is 27.3. The maximum Gasteiger partial charge on any atom is 0.340 e. The smallest absolute Gasteiger partial charge is 0.340 e. The number of halogens is 2. The zero-order chi connectivity index (χ0) is 21.6. The molecule has 5 N–H and O–H groups in total. The van der Waals surface area contributed by atoms with Crippen molar-refractivity contribution in [3.05, 3.63) is 11.6 Å². The highest BCUT2D eigenvalue weighted by Gasteiger charge is 2.47. The van der Waals surface area contributed by atoms with E-state index in [0.29, 0.717) is 0 Å². The summed E-state index contributed by atoms with van der Waals surface area (Å²) in [6.07, 6.45) is -5.36. The van der Waals surface area contributed by atoms with Gasteiger partial charge in [0.2, 0.25) is 5.28 Å². The monoisotopic (exact) mass is 475 g/mol. The molecule has 1 aliphatic heterocycles. The van der Waals surface area contributed by atoms with Crippen LogP contribution in [-0.4, -0.2) is 77.2 Å². The minimum Gasteiger partial charge on any atom is -0.387 e. The third-order valence-corrected chi connectivity index (χ3v) is 7.63. The lowest BCUT2D eigenvalue weighted by Gasteiger charge is -2.18. The number of alkyl halides is 1. The summed E-state index contributed by atoms with van der Waals surface area (Å²) in [7, 11) is -7.95. The second-order valence-corrected chi connectivity index (χ2v) is 10.5. The SMILES string of the molecule is CNc1nc(Cl)nc2c1ncn2[C@@H]1O[C@H](COP(=O)(O)CP(=O)(O)O)[C@@H](O)[C@@H]1F. The first-order valence-corrected chi connectivity index (χ1v) is 11.9. The van der Waals surface area contributed by atoms with E-state index in [1.165, 1.54) is 10.9 Å². The molecule has 0 amide bonds. The summed E-state index contributed by atoms with van der Waals surface area (Å²) < 4.78 is 48.4. The van der Waals surface area contributed by atoms with Gasteiger partial charge in [-0.05, 0) is 11.6 Å². The van der Waals surface area contributed by atoms with E-state index >= 15 is 0 Å². The van der Waals surface area contributed by atoms with E-state index in [-0.39, 0.29) is 22.3 Å². The Labute approximate surface area is 167 Å². The molecule has 17 heteroatoms. The van der Waals surface area contributed by atoms with Crippen LogP contribution < -0.4 is 5.32 Å². The zero-order valence-electron chi connectivity index (χ0n) is 14.7. The number of aliphatic hydroxyl groups is 1. The average molecular weight is 476 g/mol. The van der Waals surface area contributed by atoms with Gasteiger partial charge in [-0.25, -0.2) is 9.37 Å². The number of rotatable bonds is 7. The topological polar surface area (TPSA) is 189 Å². The molecular weight excluding hydrogens is 459 g/mol. The van der Waals surface area contributed by atoms with Crippen LogP contribution in [0.25, 0.3) is 11.2 Å². The minimum absolute atomic E-state index is 0.116. The molecule has 13 nitrogen and oxygen atoms in total. The maximum absolute atomic E-state index is 14.7. The summed E-state index contributed by atoms with van der Waals surface area (Å²) >= 11 is 5.85. The average Bonchev–Trinajstić information content (AvgIpc) is 3.12. The Morgan fingerprint density at radius 1 is 1.38 bits per heavy atom. The molecule has 0 radical (unpaired) electrons. The molecule has 1 saturated heterocycles. The van der Waals surface area contributed by atoms with Crippen LogP contribution in [-0.2, 0) is 18.4 Å². The third-order valence-electron chi connectivity index (χ3n) is 4.00. The molecule has 29 heavy (non-hydrogen) atoms. The molecule has 3 heterocycles. The van der Waals surface area contributed by atoms with Crippen LogP contribution in [0.1, 0.15) is 6.23 Å². The van der Waals surface area contributed by atoms with Crippen LogP contribution in [0.2, 0.25) is 5.28 Å². The van der Waals surface area contributed by atoms with Gasteiger partial charge in [-0.2, -0.15) is 9.97 Å². The second kappa shape index (κ2) is 8.14. The molecule has 3 rings (SSSR count). The quantitative estimate of drug-likeness (QED) is 0.275. The lowest BCUT2D eigenvalue weighted by atomic mass is 10.1. The highest BCUT2D eigenvalue weighted by molar-refractivity contribution is 7.70. The van der Waals surface area contributed by atoms with Crippen LogP contribution >= 0.6 is 26.8 Å². The standard InChI is InChI=1S/C12H17ClFN5O8P2/c1-15-9-7-10(18-12(13)17-9)19(3-16-7)11-6(14)8(20)5(27-11)2-26-29(24,25)4-28(21,22)23/h3,5-6,8,11,20H,2,4H2,1H3,(H,24,25)(H,15,17,18)(H2,21,22,23)/t5-,6+,8-,11-/m1/s1. The highest BCUT2D eigenvalue weighted by Crippen LogP contribution is 2.55. The van der Waals surface area contributed by atoms with Gasteiger partial charge in [0, 0.05) is 7.05 Å². The number of ether oxygens (including phenoxy) is 1. The molecule has 2 aromatic heterocycles. The van der Waals surface area contributed by atoms with Crippen molar-refractivity contribution in [2.45, 2.75) is 24.6 Å². The lowest BCUT2D eigenvalue weighted by molar-refractivity contribution is -0.0425. The lowest BCUT2D eigenvalue weighted by Crippen LogP contribution is -2.31. The van der Waals surface area contributed by atoms with Gasteiger partial charge in [0.1, 0.15) is 12.2 Å². The van der Waals surface area contributed by atoms with Gasteiger partial charge in [0.15, 0.2) is 35.3 Å². The molecule has 0 aliphatic carbocycles. The summed E-state index contributed by atoms with van der Waals surface area (Å²) in [6, 6.07) is 0. The predicted molar refractivity (Wildman–Crippen MR) is 97.4 cm³/mol. The fraction of sp³-hybridized carbons (Fsp3) is 0.583. The van der Waals surface area contributed by atoms with E-state index in [0.717, 1.165) is 0 Å². The van der Waals surface area contributed by atoms with Crippen molar-refractivity contribution in [3.63, 3.8) is 0 Å². The van der Waals surface area contributed by atoms with Gasteiger partial charge in [-0.15, -0.1) is 0 Å². The Kier molecular flexibility index (Phi) is 6.31. The van der Waals surface area contributed by atoms with Gasteiger partial charge in [0.05, 0.1) is 12.9 Å². The third kappa shape index (κ3) is 4.93. The van der Waals surface area contributed by atoms with Crippen LogP contribution in [0.15, 0.2) is 6.33 Å². The fourth-order valence-electron chi connectivity index (χ4n) is 2.78. The van der Waals surface area contributed by atoms with Gasteiger partial charge < -0.3 is 34.4 Å². The molecule has 1 fully saturated rings. The summed E-state index contributed by atoms with van der Waals surface area (Å²) in [5.41, 5.74) is 0.383. The van der Waals surface area contributed by atoms with Crippen LogP contribution in [0.3, 0.4) is 0 Å². The fourth-order valence-corrected chi connectivity index (χ4v) is 5.51. The first-order valence-electron chi connectivity index (χ1n) is 7.98. The minimum atomic E-state index is -4.83. The Balaban J connectivity index is 1.80. The second-order valence-electron chi connectivity index (χ2n) is 6.15. The molecule has 0 aromatic carbocycles. The van der Waals surface area contributed by atoms with E-state index in [9.17, 15) is 23.5 Å². The van der Waals surface area contributed by atoms with Crippen molar-refractivity contribution < 1.29 is 42.6 Å². The first-order chi connectivity index (χ1) is 13.4. The van der Waals surface area contributed by atoms with Crippen LogP contribution in [0.5, 0.6) is 0 Å². The van der Waals surface area contributed by atoms with Gasteiger partial charge >= 0.3 is 15.2 Å². The number of imidazole rings is 1. The van der Waals surface area contributed by atoms with Crippen molar-refractivity contribution in [2.75, 3.05) is 24.9 Å². The van der Waals surface area contributed by atoms with Crippen molar-refractivity contribution in [1.29, 1.82) is 0 Å². The first kappa shape index (κ1) is 22.5. The van der Waals surface area contributed by atoms with Gasteiger partial charge in [-0.1, -0.05) is 0 Å². The van der Waals surface area contributed by atoms with Crippen molar-refractivity contribution in [1.82, 2.24) is 19.5 Å². The van der Waals surface area contributed by atoms with E-state index in [2.05, 4.69) is 24.8 Å². The number of nitrogens with zero attached hydrogens (tertiary/aromatic N) is 4. The number of hydrogen-bond donors (Lipinski definition) is 5. The number of nitrogens with one attached hydrogen (secondary N) is 1. The summed E-state index contributed by atoms with van der Waals surface area (Å²) in [5.74, 6) is -1.13. The molecule has 5 atom stereocenters. The Morgan fingerprint density at radius 3 is 2.69 bits per heavy atom. The van der Waals surface area contributed by atoms with Crippen molar-refractivity contribution in [2.24, 2.45) is 0 Å². The molecule has 0 spiro atoms. The molecule has 162 valence electrons. The molecule has 1 aliphatic rings. The van der Waals surface area contributed by atoms with Crippen LogP contribution in [0.4, 0.5) is 10.2 Å². The highest BCUT2D eigenvalue weighted by atomic mass is 35.5. The number of aliphatic hydroxyl groups excluding tert-OH is 1. The van der Waals surface area contributed by atoms with Crippen molar-refractivity contribution in [3.8, 4) is 0 Å². The molecule has 0 saturated carbocycles. The van der Waals surface area contributed by atoms with E-state index < -0.39 is 52.3 Å². The molecule has 2 aromatic rings. The summed E-state index contributed by atoms with van der Waals surface area (Å²) in [4.78, 5) is 39.1. The summed E-state index contributed by atoms with van der Waals surface area (Å²) in [5, 5.41) is 12.7. The number of anilines is 1. The van der Waals surface area contributed by atoms with Crippen LogP contribution in [0, 0.1) is 0 Å². The molecule has 0 bridgehead atoms. The zero-order valence-corrected chi connectivity index (χ0v) is 17.2. The maximum atomic E-state index is 14.7. The number of fused-ring (bicyclic) bond motifs is 1.